The van der Waals surface area contributed by atoms with Gasteiger partial charge in [-0.3, -0.25) is 9.59 Å². The van der Waals surface area contributed by atoms with Crippen LogP contribution in [0.25, 0.3) is 6.08 Å². The SMILES string of the molecule is CCOC(=O)CNC(=O)C=Cc1ccc(C)cc1. The lowest BCUT2D eigenvalue weighted by Crippen LogP contribution is -2.29. The van der Waals surface area contributed by atoms with Gasteiger partial charge in [0.1, 0.15) is 6.54 Å². The molecule has 1 aromatic carbocycles. The summed E-state index contributed by atoms with van der Waals surface area (Å²) in [6.07, 6.45) is 3.09. The molecule has 0 saturated heterocycles. The first kappa shape index (κ1) is 14.0. The van der Waals surface area contributed by atoms with Gasteiger partial charge in [0, 0.05) is 6.08 Å². The number of esters is 1. The van der Waals surface area contributed by atoms with Crippen molar-refractivity contribution in [1.82, 2.24) is 5.32 Å². The number of benzene rings is 1. The summed E-state index contributed by atoms with van der Waals surface area (Å²) in [7, 11) is 0. The average Bonchev–Trinajstić information content (AvgIpc) is 2.36. The van der Waals surface area contributed by atoms with Crippen LogP contribution in [0.5, 0.6) is 0 Å². The van der Waals surface area contributed by atoms with Gasteiger partial charge in [-0.1, -0.05) is 29.8 Å². The van der Waals surface area contributed by atoms with Crippen LogP contribution in [0.1, 0.15) is 18.1 Å². The van der Waals surface area contributed by atoms with Crippen molar-refractivity contribution in [2.45, 2.75) is 13.8 Å². The fourth-order valence-corrected chi connectivity index (χ4v) is 1.28. The normalized spacial score (nSPS) is 10.3. The lowest BCUT2D eigenvalue weighted by Gasteiger charge is -2.01. The van der Waals surface area contributed by atoms with Crippen molar-refractivity contribution in [1.29, 1.82) is 0 Å². The molecule has 0 spiro atoms. The third kappa shape index (κ3) is 5.30. The number of amides is 1. The molecule has 0 unspecified atom stereocenters. The molecule has 96 valence electrons. The second kappa shape index (κ2) is 7.27. The van der Waals surface area contributed by atoms with Crippen molar-refractivity contribution in [2.24, 2.45) is 0 Å². The number of carbonyl (C=O) groups excluding carboxylic acids is 2. The van der Waals surface area contributed by atoms with Crippen LogP contribution in [0.4, 0.5) is 0 Å². The molecule has 0 aliphatic carbocycles. The van der Waals surface area contributed by atoms with Gasteiger partial charge in [-0.25, -0.2) is 0 Å². The molecule has 0 fully saturated rings. The molecule has 18 heavy (non-hydrogen) atoms. The third-order valence-electron chi connectivity index (χ3n) is 2.22. The number of rotatable bonds is 5. The van der Waals surface area contributed by atoms with Gasteiger partial charge in [0.15, 0.2) is 0 Å². The lowest BCUT2D eigenvalue weighted by molar-refractivity contribution is -0.143. The third-order valence-corrected chi connectivity index (χ3v) is 2.22. The highest BCUT2D eigenvalue weighted by Crippen LogP contribution is 2.04. The first-order valence-electron chi connectivity index (χ1n) is 5.80. The summed E-state index contributed by atoms with van der Waals surface area (Å²) in [5, 5.41) is 2.45. The van der Waals surface area contributed by atoms with E-state index < -0.39 is 5.97 Å². The van der Waals surface area contributed by atoms with E-state index in [0.717, 1.165) is 5.56 Å². The Morgan fingerprint density at radius 3 is 2.56 bits per heavy atom. The Morgan fingerprint density at radius 1 is 1.28 bits per heavy atom. The Bertz CT molecular complexity index is 435. The second-order valence-electron chi connectivity index (χ2n) is 3.77. The van der Waals surface area contributed by atoms with E-state index in [-0.39, 0.29) is 12.5 Å². The predicted octanol–water partition coefficient (Wildman–Crippen LogP) is 1.69. The van der Waals surface area contributed by atoms with E-state index in [1.165, 1.54) is 11.6 Å². The molecular weight excluding hydrogens is 230 g/mol. The molecule has 1 aromatic rings. The molecule has 1 amide bonds. The lowest BCUT2D eigenvalue weighted by atomic mass is 10.1. The van der Waals surface area contributed by atoms with E-state index >= 15 is 0 Å². The summed E-state index contributed by atoms with van der Waals surface area (Å²) in [5.74, 6) is -0.752. The summed E-state index contributed by atoms with van der Waals surface area (Å²) >= 11 is 0. The number of ether oxygens (including phenoxy) is 1. The summed E-state index contributed by atoms with van der Waals surface area (Å²) in [6.45, 7) is 3.93. The molecule has 0 saturated carbocycles. The summed E-state index contributed by atoms with van der Waals surface area (Å²) in [5.41, 5.74) is 2.10. The molecule has 4 nitrogen and oxygen atoms in total. The molecular formula is C14H17NO3. The number of carbonyl (C=O) groups is 2. The van der Waals surface area contributed by atoms with Crippen molar-refractivity contribution in [3.8, 4) is 0 Å². The first-order chi connectivity index (χ1) is 8.61. The Labute approximate surface area is 107 Å². The summed E-state index contributed by atoms with van der Waals surface area (Å²) < 4.78 is 4.69. The van der Waals surface area contributed by atoms with E-state index in [0.29, 0.717) is 6.61 Å². The summed E-state index contributed by atoms with van der Waals surface area (Å²) in [4.78, 5) is 22.4. The van der Waals surface area contributed by atoms with E-state index in [1.54, 1.807) is 13.0 Å². The highest BCUT2D eigenvalue weighted by atomic mass is 16.5. The van der Waals surface area contributed by atoms with Gasteiger partial charge < -0.3 is 10.1 Å². The second-order valence-corrected chi connectivity index (χ2v) is 3.77. The molecule has 0 radical (unpaired) electrons. The number of hydrogen-bond donors (Lipinski definition) is 1. The highest BCUT2D eigenvalue weighted by molar-refractivity contribution is 5.93. The fraction of sp³-hybridized carbons (Fsp3) is 0.286. The minimum atomic E-state index is -0.436. The molecule has 0 aliphatic heterocycles. The molecule has 1 rings (SSSR count). The number of hydrogen-bond acceptors (Lipinski definition) is 3. The molecule has 1 N–H and O–H groups in total. The van der Waals surface area contributed by atoms with Crippen molar-refractivity contribution < 1.29 is 14.3 Å². The van der Waals surface area contributed by atoms with Crippen LogP contribution >= 0.6 is 0 Å². The van der Waals surface area contributed by atoms with Crippen LogP contribution in [0.3, 0.4) is 0 Å². The van der Waals surface area contributed by atoms with Gasteiger partial charge in [0.2, 0.25) is 5.91 Å². The maximum atomic E-state index is 11.4. The number of aryl methyl sites for hydroxylation is 1. The first-order valence-corrected chi connectivity index (χ1v) is 5.80. The maximum absolute atomic E-state index is 11.4. The molecule has 4 heteroatoms. The molecule has 0 heterocycles. The molecule has 0 aliphatic rings. The summed E-state index contributed by atoms with van der Waals surface area (Å²) in [6, 6.07) is 7.78. The topological polar surface area (TPSA) is 55.4 Å². The monoisotopic (exact) mass is 247 g/mol. The van der Waals surface area contributed by atoms with Crippen LogP contribution < -0.4 is 5.32 Å². The Hall–Kier alpha value is -2.10. The Morgan fingerprint density at radius 2 is 1.94 bits per heavy atom. The minimum Gasteiger partial charge on any atom is -0.465 e. The van der Waals surface area contributed by atoms with Gasteiger partial charge in [-0.05, 0) is 25.5 Å². The van der Waals surface area contributed by atoms with Crippen LogP contribution in [0.15, 0.2) is 30.3 Å². The fourth-order valence-electron chi connectivity index (χ4n) is 1.28. The van der Waals surface area contributed by atoms with Gasteiger partial charge in [-0.15, -0.1) is 0 Å². The zero-order chi connectivity index (χ0) is 13.4. The van der Waals surface area contributed by atoms with Gasteiger partial charge >= 0.3 is 5.97 Å². The molecule has 0 bridgehead atoms. The average molecular weight is 247 g/mol. The Balaban J connectivity index is 2.40. The van der Waals surface area contributed by atoms with Crippen molar-refractivity contribution in [3.63, 3.8) is 0 Å². The van der Waals surface area contributed by atoms with E-state index in [2.05, 4.69) is 5.32 Å². The standard InChI is InChI=1S/C14H17NO3/c1-3-18-14(17)10-15-13(16)9-8-12-6-4-11(2)5-7-12/h4-9H,3,10H2,1-2H3,(H,15,16). The minimum absolute atomic E-state index is 0.106. The smallest absolute Gasteiger partial charge is 0.325 e. The van der Waals surface area contributed by atoms with E-state index in [9.17, 15) is 9.59 Å². The zero-order valence-corrected chi connectivity index (χ0v) is 10.6. The maximum Gasteiger partial charge on any atom is 0.325 e. The van der Waals surface area contributed by atoms with Crippen LogP contribution in [0.2, 0.25) is 0 Å². The molecule has 0 aromatic heterocycles. The van der Waals surface area contributed by atoms with Crippen LogP contribution in [-0.4, -0.2) is 25.0 Å². The van der Waals surface area contributed by atoms with Gasteiger partial charge in [0.05, 0.1) is 6.61 Å². The van der Waals surface area contributed by atoms with Gasteiger partial charge in [-0.2, -0.15) is 0 Å². The van der Waals surface area contributed by atoms with E-state index in [4.69, 9.17) is 4.74 Å². The van der Waals surface area contributed by atoms with Crippen molar-refractivity contribution in [3.05, 3.63) is 41.5 Å². The Kier molecular flexibility index (Phi) is 5.64. The molecule has 0 atom stereocenters. The van der Waals surface area contributed by atoms with E-state index in [1.807, 2.05) is 31.2 Å². The largest absolute Gasteiger partial charge is 0.465 e. The zero-order valence-electron chi connectivity index (χ0n) is 10.6. The van der Waals surface area contributed by atoms with Crippen LogP contribution in [-0.2, 0) is 14.3 Å². The quantitative estimate of drug-likeness (QED) is 0.636. The van der Waals surface area contributed by atoms with Crippen molar-refractivity contribution in [2.75, 3.05) is 13.2 Å². The number of nitrogens with one attached hydrogen (secondary N) is 1. The van der Waals surface area contributed by atoms with Gasteiger partial charge in [0.25, 0.3) is 0 Å². The predicted molar refractivity (Wildman–Crippen MR) is 69.9 cm³/mol. The van der Waals surface area contributed by atoms with Crippen LogP contribution in [0, 0.1) is 6.92 Å². The van der Waals surface area contributed by atoms with Crippen molar-refractivity contribution >= 4 is 18.0 Å². The highest BCUT2D eigenvalue weighted by Gasteiger charge is 2.02.